The molecule has 0 aromatic heterocycles. The lowest BCUT2D eigenvalue weighted by Crippen LogP contribution is -2.04. The third-order valence-corrected chi connectivity index (χ3v) is 4.24. The Morgan fingerprint density at radius 1 is 1.17 bits per heavy atom. The van der Waals surface area contributed by atoms with E-state index in [0.717, 1.165) is 34.5 Å². The maximum Gasteiger partial charge on any atom is 0.165 e. The fraction of sp³-hybridized carbons (Fsp3) is 0.350. The standard InChI is InChI=1S/C20H26F2NP/c1-7-15(13(5)14(6)23-12(3)4)9-16(8-2)17-10-18(21)20(22)19(24)11-17/h7,9-11H,8,24H2,1-6H3/b14-13-,15-7-,16-9+. The van der Waals surface area contributed by atoms with Gasteiger partial charge >= 0.3 is 0 Å². The van der Waals surface area contributed by atoms with Gasteiger partial charge in [-0.2, -0.15) is 0 Å². The minimum Gasteiger partial charge on any atom is -0.263 e. The molecule has 1 unspecified atom stereocenters. The molecule has 0 bridgehead atoms. The summed E-state index contributed by atoms with van der Waals surface area (Å²) in [6, 6.07) is 2.91. The molecule has 24 heavy (non-hydrogen) atoms. The molecule has 4 heteroatoms. The van der Waals surface area contributed by atoms with Gasteiger partial charge in [0.25, 0.3) is 0 Å². The van der Waals surface area contributed by atoms with E-state index in [2.05, 4.69) is 14.2 Å². The topological polar surface area (TPSA) is 12.4 Å². The fourth-order valence-electron chi connectivity index (χ4n) is 2.41. The smallest absolute Gasteiger partial charge is 0.165 e. The quantitative estimate of drug-likeness (QED) is 0.352. The molecule has 1 aromatic rings. The first-order chi connectivity index (χ1) is 11.2. The molecule has 130 valence electrons. The van der Waals surface area contributed by atoms with Gasteiger partial charge < -0.3 is 0 Å². The minimum atomic E-state index is -0.825. The number of allylic oxidation sites excluding steroid dienone is 6. The van der Waals surface area contributed by atoms with Crippen LogP contribution >= 0.6 is 9.24 Å². The molecule has 0 amide bonds. The molecular weight excluding hydrogens is 323 g/mol. The molecule has 0 fully saturated rings. The zero-order valence-corrected chi connectivity index (χ0v) is 16.5. The van der Waals surface area contributed by atoms with E-state index in [1.807, 2.05) is 53.7 Å². The van der Waals surface area contributed by atoms with Gasteiger partial charge in [0.05, 0.1) is 0 Å². The Bertz CT molecular complexity index is 713. The van der Waals surface area contributed by atoms with Gasteiger partial charge in [0, 0.05) is 16.7 Å². The minimum absolute atomic E-state index is 0.237. The van der Waals surface area contributed by atoms with Crippen LogP contribution in [0.25, 0.3) is 5.57 Å². The molecule has 0 heterocycles. The van der Waals surface area contributed by atoms with Crippen LogP contribution < -0.4 is 5.30 Å². The Kier molecular flexibility index (Phi) is 7.69. The van der Waals surface area contributed by atoms with Crippen LogP contribution in [-0.2, 0) is 0 Å². The lowest BCUT2D eigenvalue weighted by Gasteiger charge is -2.11. The number of benzene rings is 1. The lowest BCUT2D eigenvalue weighted by atomic mass is 9.96. The zero-order valence-electron chi connectivity index (χ0n) is 15.3. The van der Waals surface area contributed by atoms with Crippen LogP contribution in [0.15, 0.2) is 46.1 Å². The lowest BCUT2D eigenvalue weighted by molar-refractivity contribution is 0.514. The largest absolute Gasteiger partial charge is 0.263 e. The van der Waals surface area contributed by atoms with Crippen molar-refractivity contribution >= 4 is 25.8 Å². The van der Waals surface area contributed by atoms with Crippen LogP contribution in [0.3, 0.4) is 0 Å². The number of nitrogens with zero attached hydrogens (tertiary/aromatic N) is 1. The molecule has 1 atom stereocenters. The summed E-state index contributed by atoms with van der Waals surface area (Å²) in [5, 5.41) is 0.237. The predicted molar refractivity (Wildman–Crippen MR) is 105 cm³/mol. The molecule has 1 nitrogen and oxygen atoms in total. The van der Waals surface area contributed by atoms with Crippen LogP contribution in [0.1, 0.15) is 53.5 Å². The number of hydrogen-bond acceptors (Lipinski definition) is 1. The summed E-state index contributed by atoms with van der Waals surface area (Å²) in [4.78, 5) is 4.51. The first-order valence-corrected chi connectivity index (χ1v) is 8.60. The molecule has 0 N–H and O–H groups in total. The van der Waals surface area contributed by atoms with Crippen molar-refractivity contribution < 1.29 is 8.78 Å². The second-order valence-electron chi connectivity index (χ2n) is 5.90. The molecule has 0 radical (unpaired) electrons. The molecule has 0 aliphatic rings. The van der Waals surface area contributed by atoms with Gasteiger partial charge in [-0.05, 0) is 75.5 Å². The van der Waals surface area contributed by atoms with Gasteiger partial charge in [0.2, 0.25) is 0 Å². The predicted octanol–water partition coefficient (Wildman–Crippen LogP) is 5.98. The second-order valence-corrected chi connectivity index (χ2v) is 6.52. The normalized spacial score (nSPS) is 13.7. The first-order valence-electron chi connectivity index (χ1n) is 8.02. The summed E-state index contributed by atoms with van der Waals surface area (Å²) >= 11 is 0. The molecule has 1 rings (SSSR count). The van der Waals surface area contributed by atoms with Gasteiger partial charge in [-0.25, -0.2) is 8.78 Å². The van der Waals surface area contributed by atoms with Gasteiger partial charge in [-0.1, -0.05) is 19.1 Å². The van der Waals surface area contributed by atoms with Crippen molar-refractivity contribution in [2.75, 3.05) is 0 Å². The third kappa shape index (κ3) is 5.21. The maximum atomic E-state index is 13.7. The number of halogens is 2. The van der Waals surface area contributed by atoms with Crippen molar-refractivity contribution in [2.45, 2.75) is 48.0 Å². The molecule has 0 aliphatic carbocycles. The van der Waals surface area contributed by atoms with Crippen molar-refractivity contribution in [1.82, 2.24) is 0 Å². The van der Waals surface area contributed by atoms with E-state index in [-0.39, 0.29) is 5.30 Å². The Balaban J connectivity index is 3.40. The van der Waals surface area contributed by atoms with Crippen LogP contribution in [0, 0.1) is 11.6 Å². The highest BCUT2D eigenvalue weighted by Crippen LogP contribution is 2.26. The molecule has 0 saturated carbocycles. The summed E-state index contributed by atoms with van der Waals surface area (Å²) in [5.41, 5.74) is 5.70. The fourth-order valence-corrected chi connectivity index (χ4v) is 2.73. The monoisotopic (exact) mass is 349 g/mol. The summed E-state index contributed by atoms with van der Waals surface area (Å²) in [7, 11) is 2.25. The van der Waals surface area contributed by atoms with E-state index in [0.29, 0.717) is 5.56 Å². The number of aliphatic imine (C=N–C) groups is 1. The van der Waals surface area contributed by atoms with Crippen LogP contribution in [0.4, 0.5) is 8.78 Å². The van der Waals surface area contributed by atoms with E-state index < -0.39 is 11.6 Å². The van der Waals surface area contributed by atoms with E-state index in [9.17, 15) is 8.78 Å². The van der Waals surface area contributed by atoms with Gasteiger partial charge in [0.15, 0.2) is 11.6 Å². The second kappa shape index (κ2) is 9.03. The van der Waals surface area contributed by atoms with Crippen molar-refractivity contribution in [2.24, 2.45) is 4.99 Å². The Hall–Kier alpha value is -1.60. The average Bonchev–Trinajstić information content (AvgIpc) is 2.52. The Morgan fingerprint density at radius 2 is 1.79 bits per heavy atom. The summed E-state index contributed by atoms with van der Waals surface area (Å²) < 4.78 is 27.2. The first kappa shape index (κ1) is 20.4. The molecule has 0 aliphatic heterocycles. The van der Waals surface area contributed by atoms with E-state index in [1.54, 1.807) is 6.07 Å². The summed E-state index contributed by atoms with van der Waals surface area (Å²) in [6.07, 6.45) is 4.75. The van der Waals surface area contributed by atoms with Crippen molar-refractivity contribution in [3.8, 4) is 0 Å². The van der Waals surface area contributed by atoms with Crippen LogP contribution in [0.2, 0.25) is 0 Å². The summed E-state index contributed by atoms with van der Waals surface area (Å²) in [6.45, 7) is 11.9. The highest BCUT2D eigenvalue weighted by Gasteiger charge is 2.11. The van der Waals surface area contributed by atoms with Gasteiger partial charge in [-0.15, -0.1) is 9.24 Å². The molecular formula is C20H26F2NP. The molecule has 0 saturated heterocycles. The van der Waals surface area contributed by atoms with Crippen molar-refractivity contribution in [1.29, 1.82) is 0 Å². The molecule has 0 spiro atoms. The SMILES string of the molecule is C/C=C(/C=C(\CC)c1cc(F)c(F)c(P)c1)C(\C)=C(\C)N=C(C)C. The third-order valence-electron chi connectivity index (χ3n) is 3.82. The number of hydrogen-bond donors (Lipinski definition) is 0. The average molecular weight is 349 g/mol. The number of rotatable bonds is 5. The van der Waals surface area contributed by atoms with Crippen molar-refractivity contribution in [3.05, 3.63) is 58.3 Å². The highest BCUT2D eigenvalue weighted by atomic mass is 31.0. The van der Waals surface area contributed by atoms with E-state index in [4.69, 9.17) is 0 Å². The summed E-state index contributed by atoms with van der Waals surface area (Å²) in [5.74, 6) is -1.64. The molecule has 1 aromatic carbocycles. The van der Waals surface area contributed by atoms with Crippen LogP contribution in [0.5, 0.6) is 0 Å². The van der Waals surface area contributed by atoms with Gasteiger partial charge in [0.1, 0.15) is 0 Å². The Morgan fingerprint density at radius 3 is 2.25 bits per heavy atom. The van der Waals surface area contributed by atoms with E-state index in [1.165, 1.54) is 6.07 Å². The highest BCUT2D eigenvalue weighted by molar-refractivity contribution is 7.27. The van der Waals surface area contributed by atoms with Gasteiger partial charge in [-0.3, -0.25) is 4.99 Å². The van der Waals surface area contributed by atoms with Crippen molar-refractivity contribution in [3.63, 3.8) is 0 Å². The maximum absolute atomic E-state index is 13.7. The van der Waals surface area contributed by atoms with Crippen LogP contribution in [-0.4, -0.2) is 5.71 Å². The zero-order chi connectivity index (χ0) is 18.4. The Labute approximate surface area is 146 Å². The van der Waals surface area contributed by atoms with E-state index >= 15 is 0 Å².